The van der Waals surface area contributed by atoms with Gasteiger partial charge in [-0.3, -0.25) is 4.79 Å². The van der Waals surface area contributed by atoms with Gasteiger partial charge in [0, 0.05) is 12.3 Å². The normalized spacial score (nSPS) is 16.7. The average molecular weight is 482 g/mol. The predicted molar refractivity (Wildman–Crippen MR) is 131 cm³/mol. The second kappa shape index (κ2) is 10.9. The van der Waals surface area contributed by atoms with Crippen molar-refractivity contribution in [3.63, 3.8) is 0 Å². The number of carbonyl (C=O) groups excluding carboxylic acids is 1. The van der Waals surface area contributed by atoms with Crippen LogP contribution in [0.1, 0.15) is 59.3 Å². The summed E-state index contributed by atoms with van der Waals surface area (Å²) in [5, 5.41) is 10.2. The van der Waals surface area contributed by atoms with Crippen LogP contribution in [-0.2, 0) is 16.1 Å². The number of Topliss-reactive ketones (excluding diaryl/α,β-unsaturated/α-hetero) is 1. The number of hydrogen-bond donors (Lipinski definition) is 2. The summed E-state index contributed by atoms with van der Waals surface area (Å²) in [6, 6.07) is 18.7. The number of carbonyl (C=O) groups is 1. The number of nitrogens with two attached hydrogens (primary N) is 1. The van der Waals surface area contributed by atoms with Gasteiger partial charge in [-0.2, -0.15) is 0 Å². The molecule has 4 rings (SSSR count). The molecule has 1 saturated heterocycles. The third-order valence-corrected chi connectivity index (χ3v) is 6.14. The maximum Gasteiger partial charge on any atom is 0.163 e. The molecule has 0 aromatic heterocycles. The summed E-state index contributed by atoms with van der Waals surface area (Å²) in [6.07, 6.45) is 2.43. The van der Waals surface area contributed by atoms with Crippen molar-refractivity contribution >= 4 is 23.1 Å². The molecule has 2 atom stereocenters. The Kier molecular flexibility index (Phi) is 7.73. The number of rotatable bonds is 8. The van der Waals surface area contributed by atoms with Crippen molar-refractivity contribution in [2.45, 2.75) is 45.2 Å². The molecule has 0 radical (unpaired) electrons. The van der Waals surface area contributed by atoms with Gasteiger partial charge in [0.05, 0.1) is 5.56 Å². The maximum atomic E-state index is 11.6. The van der Waals surface area contributed by atoms with Crippen LogP contribution in [0.5, 0.6) is 11.5 Å². The Labute approximate surface area is 204 Å². The molecule has 0 amide bonds. The van der Waals surface area contributed by atoms with Crippen molar-refractivity contribution in [1.82, 2.24) is 0 Å². The Morgan fingerprint density at radius 3 is 2.62 bits per heavy atom. The Bertz CT molecular complexity index is 1140. The summed E-state index contributed by atoms with van der Waals surface area (Å²) in [4.78, 5) is 11.6. The molecule has 1 fully saturated rings. The molecule has 0 saturated carbocycles. The molecule has 0 aliphatic carbocycles. The lowest BCUT2D eigenvalue weighted by Gasteiger charge is -2.28. The first-order chi connectivity index (χ1) is 16.4. The van der Waals surface area contributed by atoms with Crippen LogP contribution in [0.4, 0.5) is 5.69 Å². The van der Waals surface area contributed by atoms with Gasteiger partial charge in [-0.25, -0.2) is 0 Å². The molecule has 6 nitrogen and oxygen atoms in total. The zero-order chi connectivity index (χ0) is 24.1. The van der Waals surface area contributed by atoms with Crippen molar-refractivity contribution in [1.29, 1.82) is 0 Å². The number of aromatic hydroxyl groups is 1. The van der Waals surface area contributed by atoms with Crippen LogP contribution in [-0.4, -0.2) is 23.8 Å². The van der Waals surface area contributed by atoms with Crippen molar-refractivity contribution in [3.8, 4) is 11.5 Å². The third kappa shape index (κ3) is 5.70. The van der Waals surface area contributed by atoms with E-state index in [1.165, 1.54) is 13.0 Å². The fourth-order valence-corrected chi connectivity index (χ4v) is 4.15. The maximum absolute atomic E-state index is 11.6. The molecule has 3 aromatic rings. The summed E-state index contributed by atoms with van der Waals surface area (Å²) in [7, 11) is 0. The zero-order valence-corrected chi connectivity index (χ0v) is 19.8. The number of hydrogen-bond acceptors (Lipinski definition) is 6. The summed E-state index contributed by atoms with van der Waals surface area (Å²) in [5.74, 6) is -0.227. The number of benzene rings is 3. The van der Waals surface area contributed by atoms with E-state index in [1.54, 1.807) is 6.07 Å². The minimum atomic E-state index is -0.313. The second-order valence-corrected chi connectivity index (χ2v) is 8.72. The second-order valence-electron chi connectivity index (χ2n) is 8.34. The van der Waals surface area contributed by atoms with Crippen LogP contribution < -0.4 is 10.5 Å². The smallest absolute Gasteiger partial charge is 0.163 e. The number of phenols is 1. The lowest BCUT2D eigenvalue weighted by atomic mass is 9.99. The van der Waals surface area contributed by atoms with Gasteiger partial charge in [0.15, 0.2) is 12.1 Å². The first kappa shape index (κ1) is 24.1. The van der Waals surface area contributed by atoms with Gasteiger partial charge in [-0.1, -0.05) is 48.0 Å². The number of anilines is 1. The molecule has 7 heteroatoms. The van der Waals surface area contributed by atoms with Crippen LogP contribution in [0, 0.1) is 0 Å². The number of nitrogen functional groups attached to an aromatic ring is 1. The van der Waals surface area contributed by atoms with E-state index in [0.29, 0.717) is 18.0 Å². The SMILES string of the molecule is CC(=O)c1ccc(OCc2ccc(C(OC3CCCCO3)c3cccc(N)c3)cc2)c(Cl)c1O. The van der Waals surface area contributed by atoms with E-state index < -0.39 is 0 Å². The van der Waals surface area contributed by atoms with E-state index >= 15 is 0 Å². The highest BCUT2D eigenvalue weighted by atomic mass is 35.5. The van der Waals surface area contributed by atoms with E-state index in [-0.39, 0.29) is 41.1 Å². The highest BCUT2D eigenvalue weighted by Crippen LogP contribution is 2.37. The fourth-order valence-electron chi connectivity index (χ4n) is 3.93. The summed E-state index contributed by atoms with van der Waals surface area (Å²) >= 11 is 6.18. The number of phenolic OH excluding ortho intramolecular Hbond substituents is 1. The van der Waals surface area contributed by atoms with Crippen molar-refractivity contribution in [2.75, 3.05) is 12.3 Å². The first-order valence-electron chi connectivity index (χ1n) is 11.3. The molecule has 178 valence electrons. The average Bonchev–Trinajstić information content (AvgIpc) is 2.84. The van der Waals surface area contributed by atoms with Crippen molar-refractivity contribution in [3.05, 3.63) is 87.9 Å². The molecule has 1 aliphatic rings. The van der Waals surface area contributed by atoms with Crippen LogP contribution in [0.2, 0.25) is 5.02 Å². The number of ketones is 1. The first-order valence-corrected chi connectivity index (χ1v) is 11.7. The Morgan fingerprint density at radius 2 is 1.94 bits per heavy atom. The van der Waals surface area contributed by atoms with E-state index in [1.807, 2.05) is 48.5 Å². The van der Waals surface area contributed by atoms with Gasteiger partial charge in [-0.05, 0) is 67.1 Å². The van der Waals surface area contributed by atoms with E-state index in [2.05, 4.69) is 0 Å². The third-order valence-electron chi connectivity index (χ3n) is 5.78. The van der Waals surface area contributed by atoms with Gasteiger partial charge in [0.2, 0.25) is 0 Å². The van der Waals surface area contributed by atoms with Crippen molar-refractivity contribution < 1.29 is 24.1 Å². The molecule has 3 aromatic carbocycles. The lowest BCUT2D eigenvalue weighted by molar-refractivity contribution is -0.181. The monoisotopic (exact) mass is 481 g/mol. The standard InChI is InChI=1S/C27H28ClNO5/c1-17(30)22-12-13-23(25(28)26(22)31)33-16-18-8-10-19(11-9-18)27(20-5-4-6-21(29)15-20)34-24-7-2-3-14-32-24/h4-6,8-13,15,24,27,31H,2-3,7,14,16,29H2,1H3. The molecular weight excluding hydrogens is 454 g/mol. The van der Waals surface area contributed by atoms with Gasteiger partial charge in [0.1, 0.15) is 29.2 Å². The summed E-state index contributed by atoms with van der Waals surface area (Å²) in [5.41, 5.74) is 9.72. The minimum absolute atomic E-state index is 0.0203. The van der Waals surface area contributed by atoms with Crippen LogP contribution in [0.25, 0.3) is 0 Å². The van der Waals surface area contributed by atoms with Crippen LogP contribution in [0.3, 0.4) is 0 Å². The lowest BCUT2D eigenvalue weighted by Crippen LogP contribution is -2.25. The number of ether oxygens (including phenoxy) is 3. The predicted octanol–water partition coefficient (Wildman–Crippen LogP) is 6.04. The molecule has 2 unspecified atom stereocenters. The molecule has 34 heavy (non-hydrogen) atoms. The molecular formula is C27H28ClNO5. The Balaban J connectivity index is 1.50. The quantitative estimate of drug-likeness (QED) is 0.301. The highest BCUT2D eigenvalue weighted by molar-refractivity contribution is 6.34. The molecule has 3 N–H and O–H groups in total. The highest BCUT2D eigenvalue weighted by Gasteiger charge is 2.23. The number of halogens is 1. The van der Waals surface area contributed by atoms with Crippen molar-refractivity contribution in [2.24, 2.45) is 0 Å². The Morgan fingerprint density at radius 1 is 1.15 bits per heavy atom. The topological polar surface area (TPSA) is 91.0 Å². The van der Waals surface area contributed by atoms with Gasteiger partial charge < -0.3 is 25.1 Å². The molecule has 0 spiro atoms. The molecule has 1 heterocycles. The largest absolute Gasteiger partial charge is 0.505 e. The Hall–Kier alpha value is -3.06. The summed E-state index contributed by atoms with van der Waals surface area (Å²) < 4.78 is 18.0. The molecule has 0 bridgehead atoms. The van der Waals surface area contributed by atoms with E-state index in [4.69, 9.17) is 31.5 Å². The van der Waals surface area contributed by atoms with Gasteiger partial charge in [-0.15, -0.1) is 0 Å². The molecule has 1 aliphatic heterocycles. The van der Waals surface area contributed by atoms with E-state index in [9.17, 15) is 9.90 Å². The van der Waals surface area contributed by atoms with Gasteiger partial charge >= 0.3 is 0 Å². The fraction of sp³-hybridized carbons (Fsp3) is 0.296. The van der Waals surface area contributed by atoms with Gasteiger partial charge in [0.25, 0.3) is 0 Å². The zero-order valence-electron chi connectivity index (χ0n) is 19.0. The van der Waals surface area contributed by atoms with Crippen LogP contribution >= 0.6 is 11.6 Å². The summed E-state index contributed by atoms with van der Waals surface area (Å²) in [6.45, 7) is 2.32. The minimum Gasteiger partial charge on any atom is -0.505 e. The van der Waals surface area contributed by atoms with E-state index in [0.717, 1.165) is 36.0 Å². The van der Waals surface area contributed by atoms with Crippen LogP contribution in [0.15, 0.2) is 60.7 Å².